The molecule has 0 aliphatic carbocycles. The zero-order valence-electron chi connectivity index (χ0n) is 15.3. The number of hydrogen-bond donors (Lipinski definition) is 1. The summed E-state index contributed by atoms with van der Waals surface area (Å²) >= 11 is 0. The van der Waals surface area contributed by atoms with Gasteiger partial charge in [0.15, 0.2) is 0 Å². The Morgan fingerprint density at radius 1 is 1.17 bits per heavy atom. The van der Waals surface area contributed by atoms with Crippen LogP contribution in [0.3, 0.4) is 0 Å². The third-order valence-corrected chi connectivity index (χ3v) is 4.96. The molecule has 2 heterocycles. The number of amides is 3. The third kappa shape index (κ3) is 3.59. The van der Waals surface area contributed by atoms with Crippen molar-refractivity contribution < 1.29 is 24.0 Å². The fraction of sp³-hybridized carbons (Fsp3) is 0.250. The van der Waals surface area contributed by atoms with Gasteiger partial charge in [-0.25, -0.2) is 0 Å². The summed E-state index contributed by atoms with van der Waals surface area (Å²) in [6.45, 7) is 0.837. The molecule has 0 bridgehead atoms. The van der Waals surface area contributed by atoms with Crippen LogP contribution in [0.1, 0.15) is 43.9 Å². The van der Waals surface area contributed by atoms with E-state index in [-0.39, 0.29) is 40.9 Å². The molecular weight excluding hydrogens is 378 g/mol. The highest BCUT2D eigenvalue weighted by Crippen LogP contribution is 2.28. The quantitative estimate of drug-likeness (QED) is 0.472. The number of nitrogens with zero attached hydrogens (tertiary/aromatic N) is 2. The maximum Gasteiger partial charge on any atom is 0.270 e. The van der Waals surface area contributed by atoms with Gasteiger partial charge < -0.3 is 10.1 Å². The minimum Gasteiger partial charge on any atom is -0.376 e. The molecule has 1 unspecified atom stereocenters. The van der Waals surface area contributed by atoms with Gasteiger partial charge in [0.05, 0.1) is 28.7 Å². The molecule has 1 atom stereocenters. The van der Waals surface area contributed by atoms with E-state index in [4.69, 9.17) is 4.74 Å². The molecule has 148 valence electrons. The van der Waals surface area contributed by atoms with Crippen LogP contribution in [0.5, 0.6) is 0 Å². The highest BCUT2D eigenvalue weighted by Gasteiger charge is 2.37. The van der Waals surface area contributed by atoms with E-state index in [1.165, 1.54) is 47.4 Å². The Morgan fingerprint density at radius 2 is 1.97 bits per heavy atom. The minimum absolute atomic E-state index is 0.113. The van der Waals surface area contributed by atoms with Crippen molar-refractivity contribution in [3.8, 4) is 0 Å². The second-order valence-corrected chi connectivity index (χ2v) is 6.88. The van der Waals surface area contributed by atoms with Crippen LogP contribution in [0.4, 0.5) is 11.4 Å². The van der Waals surface area contributed by atoms with Crippen molar-refractivity contribution in [2.24, 2.45) is 0 Å². The van der Waals surface area contributed by atoms with E-state index in [9.17, 15) is 24.5 Å². The predicted octanol–water partition coefficient (Wildman–Crippen LogP) is 2.62. The summed E-state index contributed by atoms with van der Waals surface area (Å²) in [6.07, 6.45) is 1.56. The molecule has 1 fully saturated rings. The average Bonchev–Trinajstić information content (AvgIpc) is 3.31. The van der Waals surface area contributed by atoms with Gasteiger partial charge in [0.1, 0.15) is 0 Å². The highest BCUT2D eigenvalue weighted by molar-refractivity contribution is 6.22. The van der Waals surface area contributed by atoms with Crippen molar-refractivity contribution in [3.05, 3.63) is 69.3 Å². The Bertz CT molecular complexity index is 1030. The zero-order valence-corrected chi connectivity index (χ0v) is 15.3. The Labute approximate surface area is 165 Å². The predicted molar refractivity (Wildman–Crippen MR) is 102 cm³/mol. The van der Waals surface area contributed by atoms with E-state index in [1.807, 2.05) is 0 Å². The standard InChI is InChI=1S/C20H17N3O6/c24-18(12-3-1-4-14(9-12)23(27)28)21-13-6-7-16-17(10-13)20(26)22(19(16)25)11-15-5-2-8-29-15/h1,3-4,6-7,9-10,15H,2,5,8,11H2,(H,21,24). The van der Waals surface area contributed by atoms with Crippen LogP contribution >= 0.6 is 0 Å². The van der Waals surface area contributed by atoms with Gasteiger partial charge in [-0.05, 0) is 37.1 Å². The smallest absolute Gasteiger partial charge is 0.270 e. The van der Waals surface area contributed by atoms with Crippen molar-refractivity contribution in [1.82, 2.24) is 4.90 Å². The Kier molecular flexibility index (Phi) is 4.81. The van der Waals surface area contributed by atoms with Crippen molar-refractivity contribution >= 4 is 29.1 Å². The third-order valence-electron chi connectivity index (χ3n) is 4.96. The van der Waals surface area contributed by atoms with E-state index in [2.05, 4.69) is 5.32 Å². The molecule has 2 aliphatic heterocycles. The second kappa shape index (κ2) is 7.44. The molecule has 3 amide bonds. The molecule has 1 N–H and O–H groups in total. The first kappa shape index (κ1) is 18.8. The first-order chi connectivity index (χ1) is 13.9. The van der Waals surface area contributed by atoms with Crippen molar-refractivity contribution in [1.29, 1.82) is 0 Å². The van der Waals surface area contributed by atoms with E-state index in [0.717, 1.165) is 12.8 Å². The summed E-state index contributed by atoms with van der Waals surface area (Å²) in [5, 5.41) is 13.5. The normalized spacial score (nSPS) is 18.1. The number of rotatable bonds is 5. The summed E-state index contributed by atoms with van der Waals surface area (Å²) in [4.78, 5) is 49.1. The lowest BCUT2D eigenvalue weighted by molar-refractivity contribution is -0.384. The molecule has 2 aliphatic rings. The molecule has 29 heavy (non-hydrogen) atoms. The highest BCUT2D eigenvalue weighted by atomic mass is 16.6. The van der Waals surface area contributed by atoms with Crippen LogP contribution in [0.15, 0.2) is 42.5 Å². The maximum absolute atomic E-state index is 12.7. The second-order valence-electron chi connectivity index (χ2n) is 6.88. The van der Waals surface area contributed by atoms with E-state index in [0.29, 0.717) is 12.3 Å². The van der Waals surface area contributed by atoms with Crippen LogP contribution in [-0.2, 0) is 4.74 Å². The number of ether oxygens (including phenoxy) is 1. The minimum atomic E-state index is -0.584. The SMILES string of the molecule is O=C(Nc1ccc2c(c1)C(=O)N(CC1CCCO1)C2=O)c1cccc([N+](=O)[O-])c1. The van der Waals surface area contributed by atoms with Gasteiger partial charge in [-0.15, -0.1) is 0 Å². The molecule has 9 nitrogen and oxygen atoms in total. The Morgan fingerprint density at radius 3 is 2.69 bits per heavy atom. The number of carbonyl (C=O) groups is 3. The van der Waals surface area contributed by atoms with E-state index >= 15 is 0 Å². The number of fused-ring (bicyclic) bond motifs is 1. The van der Waals surface area contributed by atoms with Gasteiger partial charge in [0, 0.05) is 30.0 Å². The van der Waals surface area contributed by atoms with E-state index in [1.54, 1.807) is 0 Å². The van der Waals surface area contributed by atoms with E-state index < -0.39 is 16.7 Å². The number of carbonyl (C=O) groups excluding carboxylic acids is 3. The molecule has 9 heteroatoms. The number of imide groups is 1. The lowest BCUT2D eigenvalue weighted by Crippen LogP contribution is -2.36. The van der Waals surface area contributed by atoms with Crippen molar-refractivity contribution in [3.63, 3.8) is 0 Å². The fourth-order valence-corrected chi connectivity index (χ4v) is 3.49. The van der Waals surface area contributed by atoms with Gasteiger partial charge in [0.2, 0.25) is 0 Å². The Hall–Kier alpha value is -3.59. The van der Waals surface area contributed by atoms with Crippen LogP contribution in [0.25, 0.3) is 0 Å². The summed E-state index contributed by atoms with van der Waals surface area (Å²) in [6, 6.07) is 9.79. The van der Waals surface area contributed by atoms with Gasteiger partial charge in [-0.1, -0.05) is 6.07 Å². The molecule has 2 aromatic rings. The van der Waals surface area contributed by atoms with Crippen molar-refractivity contribution in [2.75, 3.05) is 18.5 Å². The summed E-state index contributed by atoms with van der Waals surface area (Å²) in [5.41, 5.74) is 0.728. The van der Waals surface area contributed by atoms with Gasteiger partial charge in [0.25, 0.3) is 23.4 Å². The average molecular weight is 395 g/mol. The molecule has 1 saturated heterocycles. The van der Waals surface area contributed by atoms with Gasteiger partial charge in [-0.3, -0.25) is 29.4 Å². The number of nitrogens with one attached hydrogen (secondary N) is 1. The van der Waals surface area contributed by atoms with Crippen LogP contribution in [0.2, 0.25) is 0 Å². The van der Waals surface area contributed by atoms with Gasteiger partial charge in [-0.2, -0.15) is 0 Å². The van der Waals surface area contributed by atoms with Crippen LogP contribution < -0.4 is 5.32 Å². The summed E-state index contributed by atoms with van der Waals surface area (Å²) in [7, 11) is 0. The first-order valence-electron chi connectivity index (χ1n) is 9.11. The fourth-order valence-electron chi connectivity index (χ4n) is 3.49. The largest absolute Gasteiger partial charge is 0.376 e. The number of non-ortho nitro benzene ring substituents is 1. The molecule has 4 rings (SSSR count). The molecule has 0 spiro atoms. The monoisotopic (exact) mass is 395 g/mol. The topological polar surface area (TPSA) is 119 Å². The molecule has 0 aromatic heterocycles. The zero-order chi connectivity index (χ0) is 20.5. The molecule has 0 radical (unpaired) electrons. The lowest BCUT2D eigenvalue weighted by Gasteiger charge is -2.17. The van der Waals surface area contributed by atoms with Crippen LogP contribution in [-0.4, -0.2) is 46.8 Å². The number of nitro groups is 1. The molecule has 2 aromatic carbocycles. The van der Waals surface area contributed by atoms with Gasteiger partial charge >= 0.3 is 0 Å². The maximum atomic E-state index is 12.7. The number of hydrogen-bond acceptors (Lipinski definition) is 6. The molecular formula is C20H17N3O6. The molecule has 0 saturated carbocycles. The summed E-state index contributed by atoms with van der Waals surface area (Å²) < 4.78 is 5.51. The Balaban J connectivity index is 1.52. The summed E-state index contributed by atoms with van der Waals surface area (Å²) in [5.74, 6) is -1.36. The van der Waals surface area contributed by atoms with Crippen LogP contribution in [0, 0.1) is 10.1 Å². The first-order valence-corrected chi connectivity index (χ1v) is 9.11. The lowest BCUT2D eigenvalue weighted by atomic mass is 10.1. The van der Waals surface area contributed by atoms with Crippen molar-refractivity contribution in [2.45, 2.75) is 18.9 Å². The number of benzene rings is 2. The number of nitro benzene ring substituents is 1. The number of anilines is 1.